The first-order valence-electron chi connectivity index (χ1n) is 6.35. The second-order valence-corrected chi connectivity index (χ2v) is 5.46. The number of aromatic nitrogens is 2. The topological polar surface area (TPSA) is 62.6 Å². The highest BCUT2D eigenvalue weighted by Gasteiger charge is 2.53. The van der Waals surface area contributed by atoms with Gasteiger partial charge in [-0.05, 0) is 40.7 Å². The number of ether oxygens (including phenoxy) is 1. The summed E-state index contributed by atoms with van der Waals surface area (Å²) in [5, 5.41) is 3.96. The van der Waals surface area contributed by atoms with Crippen LogP contribution in [0.1, 0.15) is 34.6 Å². The van der Waals surface area contributed by atoms with Crippen molar-refractivity contribution in [3.05, 3.63) is 12.3 Å². The third-order valence-electron chi connectivity index (χ3n) is 3.61. The minimum atomic E-state index is -0.628. The van der Waals surface area contributed by atoms with Gasteiger partial charge in [-0.2, -0.15) is 9.78 Å². The predicted octanol–water partition coefficient (Wildman–Crippen LogP) is 1.19. The molecule has 1 aromatic heterocycles. The molecule has 0 spiro atoms. The van der Waals surface area contributed by atoms with Crippen LogP contribution in [0.4, 0.5) is 4.79 Å². The van der Waals surface area contributed by atoms with Crippen LogP contribution in [0, 0.1) is 0 Å². The SMILES string of the molecule is CCOC(=O)n1nccc1B1OC(C)(C)C(C)(C)O1. The summed E-state index contributed by atoms with van der Waals surface area (Å²) in [4.78, 5) is 11.8. The Morgan fingerprint density at radius 2 is 1.95 bits per heavy atom. The van der Waals surface area contributed by atoms with Crippen LogP contribution < -0.4 is 5.59 Å². The summed E-state index contributed by atoms with van der Waals surface area (Å²) in [6.07, 6.45) is 0.995. The molecule has 0 unspecified atom stereocenters. The molecule has 2 heterocycles. The normalized spacial score (nSPS) is 20.6. The van der Waals surface area contributed by atoms with E-state index in [0.29, 0.717) is 12.2 Å². The second kappa shape index (κ2) is 4.65. The molecule has 0 atom stereocenters. The summed E-state index contributed by atoms with van der Waals surface area (Å²) in [5.74, 6) is 0. The fraction of sp³-hybridized carbons (Fsp3) is 0.667. The molecular formula is C12H19BN2O4. The molecule has 1 aliphatic heterocycles. The van der Waals surface area contributed by atoms with Crippen LogP contribution in [-0.2, 0) is 14.0 Å². The first-order valence-corrected chi connectivity index (χ1v) is 6.35. The van der Waals surface area contributed by atoms with Gasteiger partial charge in [0.1, 0.15) is 0 Å². The van der Waals surface area contributed by atoms with Crippen LogP contribution in [0.2, 0.25) is 0 Å². The monoisotopic (exact) mass is 266 g/mol. The highest BCUT2D eigenvalue weighted by molar-refractivity contribution is 6.61. The predicted molar refractivity (Wildman–Crippen MR) is 70.4 cm³/mol. The van der Waals surface area contributed by atoms with Gasteiger partial charge < -0.3 is 14.0 Å². The van der Waals surface area contributed by atoms with Crippen LogP contribution >= 0.6 is 0 Å². The van der Waals surface area contributed by atoms with Crippen LogP contribution in [0.25, 0.3) is 0 Å². The Morgan fingerprint density at radius 3 is 2.47 bits per heavy atom. The third kappa shape index (κ3) is 2.40. The van der Waals surface area contributed by atoms with E-state index in [1.165, 1.54) is 10.9 Å². The summed E-state index contributed by atoms with van der Waals surface area (Å²) in [6.45, 7) is 9.86. The molecule has 0 aromatic carbocycles. The first-order chi connectivity index (χ1) is 8.78. The van der Waals surface area contributed by atoms with Crippen molar-refractivity contribution in [3.8, 4) is 0 Å². The minimum absolute atomic E-state index is 0.293. The van der Waals surface area contributed by atoms with E-state index in [2.05, 4.69) is 5.10 Å². The zero-order valence-electron chi connectivity index (χ0n) is 12.0. The maximum Gasteiger partial charge on any atom is 0.514 e. The number of carbonyl (C=O) groups is 1. The zero-order chi connectivity index (χ0) is 14.3. The van der Waals surface area contributed by atoms with Gasteiger partial charge in [-0.25, -0.2) is 4.79 Å². The maximum absolute atomic E-state index is 11.8. The smallest absolute Gasteiger partial charge is 0.448 e. The number of hydrogen-bond donors (Lipinski definition) is 0. The lowest BCUT2D eigenvalue weighted by Gasteiger charge is -2.32. The first kappa shape index (κ1) is 14.1. The molecule has 7 heteroatoms. The molecule has 1 aromatic rings. The maximum atomic E-state index is 11.8. The van der Waals surface area contributed by atoms with E-state index in [1.54, 1.807) is 13.0 Å². The van der Waals surface area contributed by atoms with Crippen LogP contribution in [0.15, 0.2) is 12.3 Å². The Kier molecular flexibility index (Phi) is 3.44. The summed E-state index contributed by atoms with van der Waals surface area (Å²) in [5.41, 5.74) is -0.375. The van der Waals surface area contributed by atoms with E-state index < -0.39 is 24.4 Å². The van der Waals surface area contributed by atoms with Crippen molar-refractivity contribution in [3.63, 3.8) is 0 Å². The van der Waals surface area contributed by atoms with Gasteiger partial charge in [0.05, 0.1) is 23.4 Å². The van der Waals surface area contributed by atoms with Gasteiger partial charge >= 0.3 is 13.2 Å². The van der Waals surface area contributed by atoms with Gasteiger partial charge in [0.2, 0.25) is 0 Å². The van der Waals surface area contributed by atoms with Crippen molar-refractivity contribution in [2.45, 2.75) is 45.8 Å². The molecule has 0 aliphatic carbocycles. The van der Waals surface area contributed by atoms with Gasteiger partial charge in [-0.3, -0.25) is 0 Å². The lowest BCUT2D eigenvalue weighted by Crippen LogP contribution is -2.42. The summed E-state index contributed by atoms with van der Waals surface area (Å²) in [6, 6.07) is 1.69. The second-order valence-electron chi connectivity index (χ2n) is 5.46. The highest BCUT2D eigenvalue weighted by atomic mass is 16.7. The lowest BCUT2D eigenvalue weighted by atomic mass is 9.85. The Morgan fingerprint density at radius 1 is 1.37 bits per heavy atom. The average molecular weight is 266 g/mol. The molecular weight excluding hydrogens is 247 g/mol. The molecule has 0 radical (unpaired) electrons. The van der Waals surface area contributed by atoms with Crippen molar-refractivity contribution in [1.82, 2.24) is 9.78 Å². The zero-order valence-corrected chi connectivity index (χ0v) is 12.0. The molecule has 104 valence electrons. The molecule has 0 saturated carbocycles. The minimum Gasteiger partial charge on any atom is -0.448 e. The largest absolute Gasteiger partial charge is 0.514 e. The van der Waals surface area contributed by atoms with Crippen molar-refractivity contribution < 1.29 is 18.8 Å². The van der Waals surface area contributed by atoms with Crippen LogP contribution in [0.5, 0.6) is 0 Å². The summed E-state index contributed by atoms with van der Waals surface area (Å²) in [7, 11) is -0.628. The van der Waals surface area contributed by atoms with E-state index in [4.69, 9.17) is 14.0 Å². The van der Waals surface area contributed by atoms with Crippen molar-refractivity contribution in [2.24, 2.45) is 0 Å². The molecule has 2 rings (SSSR count). The summed E-state index contributed by atoms with van der Waals surface area (Å²) >= 11 is 0. The van der Waals surface area contributed by atoms with Gasteiger partial charge in [0.15, 0.2) is 0 Å². The van der Waals surface area contributed by atoms with Crippen LogP contribution in [0.3, 0.4) is 0 Å². The summed E-state index contributed by atoms with van der Waals surface area (Å²) < 4.78 is 17.9. The van der Waals surface area contributed by atoms with E-state index in [1.807, 2.05) is 27.7 Å². The Bertz CT molecular complexity index is 468. The lowest BCUT2D eigenvalue weighted by molar-refractivity contribution is 0.00578. The molecule has 1 aliphatic rings. The Hall–Kier alpha value is -1.34. The van der Waals surface area contributed by atoms with E-state index >= 15 is 0 Å². The average Bonchev–Trinajstić information content (AvgIpc) is 2.82. The standard InChI is InChI=1S/C12H19BN2O4/c1-6-17-10(16)15-9(7-8-14-15)13-18-11(2,3)12(4,5)19-13/h7-8H,6H2,1-5H3. The highest BCUT2D eigenvalue weighted by Crippen LogP contribution is 2.36. The molecule has 1 fully saturated rings. The van der Waals surface area contributed by atoms with Gasteiger partial charge in [-0.15, -0.1) is 0 Å². The van der Waals surface area contributed by atoms with E-state index in [-0.39, 0.29) is 0 Å². The molecule has 0 N–H and O–H groups in total. The molecule has 0 bridgehead atoms. The number of rotatable bonds is 2. The van der Waals surface area contributed by atoms with E-state index in [9.17, 15) is 4.79 Å². The van der Waals surface area contributed by atoms with E-state index in [0.717, 1.165) is 0 Å². The molecule has 19 heavy (non-hydrogen) atoms. The van der Waals surface area contributed by atoms with Crippen molar-refractivity contribution in [1.29, 1.82) is 0 Å². The quantitative estimate of drug-likeness (QED) is 0.752. The van der Waals surface area contributed by atoms with Gasteiger partial charge in [-0.1, -0.05) is 0 Å². The third-order valence-corrected chi connectivity index (χ3v) is 3.61. The fourth-order valence-corrected chi connectivity index (χ4v) is 1.79. The number of nitrogens with zero attached hydrogens (tertiary/aromatic N) is 2. The van der Waals surface area contributed by atoms with Gasteiger partial charge in [0, 0.05) is 6.20 Å². The van der Waals surface area contributed by atoms with Gasteiger partial charge in [0.25, 0.3) is 0 Å². The fourth-order valence-electron chi connectivity index (χ4n) is 1.79. The molecule has 6 nitrogen and oxygen atoms in total. The number of hydrogen-bond acceptors (Lipinski definition) is 5. The van der Waals surface area contributed by atoms with Crippen LogP contribution in [-0.4, -0.2) is 40.8 Å². The molecule has 0 amide bonds. The van der Waals surface area contributed by atoms with Crippen molar-refractivity contribution >= 4 is 18.8 Å². The van der Waals surface area contributed by atoms with Crippen molar-refractivity contribution in [2.75, 3.05) is 6.61 Å². The molecule has 1 saturated heterocycles. The number of carbonyl (C=O) groups excluding carboxylic acids is 1. The Labute approximate surface area is 113 Å². The Balaban J connectivity index is 2.26.